The van der Waals surface area contributed by atoms with Crippen LogP contribution < -0.4 is 27.0 Å². The molecule has 370 valence electrons. The molecule has 0 radical (unpaired) electrons. The fourth-order valence-electron chi connectivity index (χ4n) is 3.13. The lowest BCUT2D eigenvalue weighted by Gasteiger charge is -2.18. The number of hydrogen-bond acceptors (Lipinski definition) is 18. The molecule has 13 N–H and O–H groups in total. The number of likely N-dealkylation sites (N-methyl/N-ethyl adjacent to an activating group) is 4. The molecule has 0 spiro atoms. The van der Waals surface area contributed by atoms with E-state index in [0.717, 1.165) is 16.4 Å². The molecule has 0 bridgehead atoms. The average molecular weight is 1030 g/mol. The Morgan fingerprint density at radius 3 is 1.27 bits per heavy atom. The Balaban J connectivity index is -0.000000191. The molecule has 26 heteroatoms. The van der Waals surface area contributed by atoms with Gasteiger partial charge < -0.3 is 62.7 Å². The third-order valence-corrected chi connectivity index (χ3v) is 10.4. The van der Waals surface area contributed by atoms with Crippen LogP contribution in [0.1, 0.15) is 53.6 Å². The highest BCUT2D eigenvalue weighted by molar-refractivity contribution is 7.99. The maximum Gasteiger partial charge on any atom is 0.405 e. The smallest absolute Gasteiger partial charge is 0.405 e. The Bertz CT molecular complexity index is 1590. The predicted molar refractivity (Wildman–Crippen MR) is 263 cm³/mol. The van der Waals surface area contributed by atoms with Crippen LogP contribution >= 0.6 is 70.6 Å². The van der Waals surface area contributed by atoms with E-state index in [1.807, 2.05) is 25.0 Å². The number of aliphatic carboxylic acids is 6. The highest BCUT2D eigenvalue weighted by Gasteiger charge is 2.19. The van der Waals surface area contributed by atoms with Crippen LogP contribution in [0.2, 0.25) is 2.82 Å². The number of thioether (sulfide) groups is 6. The van der Waals surface area contributed by atoms with E-state index < -0.39 is 99.1 Å². The van der Waals surface area contributed by atoms with Crippen molar-refractivity contribution in [1.82, 2.24) is 26.2 Å². The molecule has 0 unspecified atom stereocenters. The van der Waals surface area contributed by atoms with Gasteiger partial charge in [0.15, 0.2) is 0 Å². The first-order valence-corrected chi connectivity index (χ1v) is 25.9. The zero-order valence-corrected chi connectivity index (χ0v) is 40.8. The monoisotopic (exact) mass is 1030 g/mol. The predicted octanol–water partition coefficient (Wildman–Crippen LogP) is 2.60. The number of carbonyl (C=O) groups is 7. The number of rotatable bonds is 30. The lowest BCUT2D eigenvalue weighted by molar-refractivity contribution is -0.142. The average Bonchev–Trinajstić information content (AvgIpc) is 3.28. The minimum absolute atomic E-state index is 0.0312. The highest BCUT2D eigenvalue weighted by atomic mass is 32.2. The van der Waals surface area contributed by atoms with E-state index in [9.17, 15) is 33.6 Å². The van der Waals surface area contributed by atoms with Crippen molar-refractivity contribution in [3.8, 4) is 0 Å². The van der Waals surface area contributed by atoms with Crippen LogP contribution in [-0.4, -0.2) is 226 Å². The molecule has 6 atom stereocenters. The molecule has 0 aliphatic rings. The van der Waals surface area contributed by atoms with Crippen molar-refractivity contribution < 1.29 is 87.2 Å². The zero-order valence-electron chi connectivity index (χ0n) is 48.9. The summed E-state index contributed by atoms with van der Waals surface area (Å²) >= 11 is 8.89. The molecule has 0 aliphatic heterocycles. The van der Waals surface area contributed by atoms with Crippen LogP contribution in [0, 0.1) is 0 Å². The van der Waals surface area contributed by atoms with Gasteiger partial charge >= 0.3 is 41.9 Å². The van der Waals surface area contributed by atoms with Gasteiger partial charge in [-0.1, -0.05) is 0 Å². The number of nitrogens with zero attached hydrogens (tertiary/aromatic N) is 1. The zero-order chi connectivity index (χ0) is 60.3. The van der Waals surface area contributed by atoms with Crippen LogP contribution in [-0.2, 0) is 28.8 Å². The van der Waals surface area contributed by atoms with Crippen molar-refractivity contribution in [1.29, 1.82) is 0 Å². The SMILES string of the molecule is [2H]C([2H])([2H])N([13CH3])[C@@H](CCSC)C(=O)O.[2H]C([2H])([2H])N[C@@H](CCSC)C(=O)O.[2H]N([2H])[C@@]([2H])(CCSC)C(=O)O.[2H][13CH2]N[C@@H](CCSC)C(=O)O.[2H][13CH]([2H])N[C@@H](CCSC)C(=O)O.[2H][C@@](CCSC)(N[13C](=O)O)C(=O)O. The first-order valence-electron chi connectivity index (χ1n) is 24.3. The van der Waals surface area contributed by atoms with Crippen molar-refractivity contribution >= 4 is 112 Å². The number of carboxylic acid groups (broad SMARTS) is 7. The molecule has 1 amide bonds. The van der Waals surface area contributed by atoms with Crippen LogP contribution in [0.25, 0.3) is 0 Å². The van der Waals surface area contributed by atoms with Crippen LogP contribution in [0.3, 0.4) is 0 Å². The van der Waals surface area contributed by atoms with Crippen molar-refractivity contribution in [2.24, 2.45) is 5.72 Å². The molecule has 0 fully saturated rings. The molecule has 0 rings (SSSR count). The normalized spacial score (nSPS) is 17.5. The summed E-state index contributed by atoms with van der Waals surface area (Å²) in [5.41, 5.74) is -0.0778. The van der Waals surface area contributed by atoms with E-state index in [0.29, 0.717) is 48.7 Å². The van der Waals surface area contributed by atoms with Gasteiger partial charge in [0.25, 0.3) is 0 Å². The summed E-state index contributed by atoms with van der Waals surface area (Å²) in [7, 11) is 1.28. The van der Waals surface area contributed by atoms with E-state index >= 15 is 0 Å². The van der Waals surface area contributed by atoms with Crippen LogP contribution in [0.5, 0.6) is 0 Å². The molecule has 0 saturated heterocycles. The Morgan fingerprint density at radius 1 is 0.565 bits per heavy atom. The van der Waals surface area contributed by atoms with Crippen LogP contribution in [0.15, 0.2) is 0 Å². The fourth-order valence-corrected chi connectivity index (χ4v) is 5.81. The Hall–Kier alpha value is -2.01. The standard InChI is InChI=1S/C7H15NO2S.C6H11NO4S.3C6H13NO2S.C5H11NO2S/c1-8(2)6(7(9)10)4-5-11-3;1-12-3-2-4(5(8)9)7-6(10)11;3*1-7-5(6(8)9)3-4-10-2;1-9-3-2-4(6)5(7)8/h6H,4-5H2,1-3H3,(H,9,10);4,7H,2-3H2,1H3,(H,8,9)(H,10,11);3*5,7H,3-4H2,1-2H3,(H,8,9);4H,2-3,6H2,1H3,(H,7,8)/t6-;4-;3*5-;4-/m000000/s1/i1D3,2+1;4D,6+1;1+1D2;1+1D;1D3;4D/hD2. The van der Waals surface area contributed by atoms with Gasteiger partial charge in [0.05, 0.1) is 2.74 Å². The maximum absolute atomic E-state index is 10.8. The molecule has 62 heavy (non-hydrogen) atoms. The molecule has 0 aromatic rings. The summed E-state index contributed by atoms with van der Waals surface area (Å²) in [6.07, 6.45) is 11.1. The first-order chi connectivity index (χ1) is 34.3. The van der Waals surface area contributed by atoms with E-state index in [1.165, 1.54) is 54.1 Å². The van der Waals surface area contributed by atoms with E-state index in [4.69, 9.17) is 53.6 Å². The van der Waals surface area contributed by atoms with E-state index in [2.05, 4.69) is 16.0 Å². The van der Waals surface area contributed by atoms with Gasteiger partial charge in [-0.3, -0.25) is 28.9 Å². The quantitative estimate of drug-likeness (QED) is 0.0460. The number of amides is 1. The number of hydrogen-bond donors (Lipinski definition) is 12. The summed E-state index contributed by atoms with van der Waals surface area (Å²) in [4.78, 5) is 74.4. The summed E-state index contributed by atoms with van der Waals surface area (Å²) < 4.78 is 90.3. The maximum atomic E-state index is 10.8. The second kappa shape index (κ2) is 51.6. The summed E-state index contributed by atoms with van der Waals surface area (Å²) in [6, 6.07) is -7.51. The van der Waals surface area contributed by atoms with Gasteiger partial charge in [-0.05, 0) is 146 Å². The second-order valence-corrected chi connectivity index (χ2v) is 17.1. The molecular formula is C36H76N6O14S6. The topological polar surface area (TPSA) is 338 Å². The third kappa shape index (κ3) is 52.3. The molecule has 20 nitrogen and oxygen atoms in total. The van der Waals surface area contributed by atoms with E-state index in [1.54, 1.807) is 41.4 Å². The van der Waals surface area contributed by atoms with Gasteiger partial charge in [0, 0.05) is 12.3 Å². The molecule has 0 aromatic carbocycles. The first kappa shape index (κ1) is 46.5. The second-order valence-electron chi connectivity index (χ2n) is 11.2. The van der Waals surface area contributed by atoms with Crippen LogP contribution in [0.4, 0.5) is 4.79 Å². The van der Waals surface area contributed by atoms with Gasteiger partial charge in [0.2, 0.25) is 0 Å². The van der Waals surface area contributed by atoms with Gasteiger partial charge in [-0.25, -0.2) is 9.59 Å². The lowest BCUT2D eigenvalue weighted by atomic mass is 10.2. The summed E-state index contributed by atoms with van der Waals surface area (Å²) in [5.74, 6) is -3.36. The Labute approximate surface area is 412 Å². The third-order valence-electron chi connectivity index (χ3n) is 6.56. The molecule has 0 saturated carbocycles. The minimum Gasteiger partial charge on any atom is -0.480 e. The highest BCUT2D eigenvalue weighted by Crippen LogP contribution is 2.05. The van der Waals surface area contributed by atoms with E-state index in [-0.39, 0.29) is 25.6 Å². The molecule has 0 heterocycles. The Kier molecular flexibility index (Phi) is 38.7. The number of carboxylic acids is 6. The van der Waals surface area contributed by atoms with Gasteiger partial charge in [-0.15, -0.1) is 0 Å². The van der Waals surface area contributed by atoms with Crippen molar-refractivity contribution in [3.63, 3.8) is 0 Å². The number of nitrogens with one attached hydrogen (secondary N) is 4. The summed E-state index contributed by atoms with van der Waals surface area (Å²) in [6.45, 7) is -6.00. The van der Waals surface area contributed by atoms with Gasteiger partial charge in [0.1, 0.15) is 39.0 Å². The molecule has 0 aliphatic carbocycles. The van der Waals surface area contributed by atoms with Crippen molar-refractivity contribution in [3.05, 3.63) is 0 Å². The summed E-state index contributed by atoms with van der Waals surface area (Å²) in [5, 5.41) is 68.7. The van der Waals surface area contributed by atoms with Gasteiger partial charge in [-0.2, -0.15) is 70.6 Å². The fraction of sp³-hybridized carbons (Fsp3) is 0.806. The minimum atomic E-state index is -2.39. The van der Waals surface area contributed by atoms with Crippen molar-refractivity contribution in [2.45, 2.75) is 74.7 Å². The number of nitrogens with two attached hydrogens (primary N) is 1. The lowest BCUT2D eigenvalue weighted by Crippen LogP contribution is -2.40. The van der Waals surface area contributed by atoms with Crippen molar-refractivity contribution in [2.75, 3.05) is 107 Å². The Morgan fingerprint density at radius 2 is 0.968 bits per heavy atom. The largest absolute Gasteiger partial charge is 0.480 e. The molecular weight excluding hydrogens is 937 g/mol. The molecule has 0 aromatic heterocycles.